The Balaban J connectivity index is 2.38. The molecular weight excluding hydrogens is 216 g/mol. The number of unbranched alkanes of at least 4 members (excludes halogenated alkanes) is 2. The molecule has 1 nitrogen and oxygen atoms in total. The lowest BCUT2D eigenvalue weighted by Crippen LogP contribution is -2.32. The molecule has 0 aromatic heterocycles. The van der Waals surface area contributed by atoms with Gasteiger partial charge in [-0.15, -0.1) is 0 Å². The van der Waals surface area contributed by atoms with E-state index in [2.05, 4.69) is 32.5 Å². The van der Waals surface area contributed by atoms with Crippen LogP contribution in [0.2, 0.25) is 0 Å². The van der Waals surface area contributed by atoms with Crippen LogP contribution in [0.4, 0.5) is 0 Å². The highest BCUT2D eigenvalue weighted by Crippen LogP contribution is 2.41. The van der Waals surface area contributed by atoms with Crippen molar-refractivity contribution in [3.05, 3.63) is 0 Å². The van der Waals surface area contributed by atoms with E-state index < -0.39 is 0 Å². The number of hydrogen-bond donors (Lipinski definition) is 0. The largest absolute Gasteiger partial charge is 0.299 e. The molecule has 2 heteroatoms. The third kappa shape index (κ3) is 4.12. The Kier molecular flexibility index (Phi) is 5.88. The molecule has 0 N–H and O–H groups in total. The molecule has 1 heterocycles. The summed E-state index contributed by atoms with van der Waals surface area (Å²) < 4.78 is 0.364. The highest BCUT2D eigenvalue weighted by molar-refractivity contribution is 8.00. The van der Waals surface area contributed by atoms with E-state index in [-0.39, 0.29) is 0 Å². The van der Waals surface area contributed by atoms with Crippen molar-refractivity contribution in [2.75, 3.05) is 5.75 Å². The van der Waals surface area contributed by atoms with Gasteiger partial charge >= 0.3 is 0 Å². The third-order valence-electron chi connectivity index (χ3n) is 3.82. The summed E-state index contributed by atoms with van der Waals surface area (Å²) in [4.78, 5) is 12.1. The second-order valence-electron chi connectivity index (χ2n) is 5.27. The second kappa shape index (κ2) is 6.68. The van der Waals surface area contributed by atoms with Gasteiger partial charge in [0.05, 0.1) is 0 Å². The van der Waals surface area contributed by atoms with E-state index in [4.69, 9.17) is 0 Å². The van der Waals surface area contributed by atoms with Crippen LogP contribution in [0.15, 0.2) is 0 Å². The first kappa shape index (κ1) is 14.1. The first-order chi connectivity index (χ1) is 7.61. The van der Waals surface area contributed by atoms with Gasteiger partial charge in [0.1, 0.15) is 5.78 Å². The van der Waals surface area contributed by atoms with E-state index in [0.717, 1.165) is 25.7 Å². The van der Waals surface area contributed by atoms with Gasteiger partial charge in [-0.1, -0.05) is 33.6 Å². The molecule has 1 aliphatic heterocycles. The Morgan fingerprint density at radius 3 is 2.75 bits per heavy atom. The fraction of sp³-hybridized carbons (Fsp3) is 0.929. The number of thioether (sulfide) groups is 1. The minimum atomic E-state index is 0.364. The first-order valence-electron chi connectivity index (χ1n) is 6.78. The summed E-state index contributed by atoms with van der Waals surface area (Å²) in [5.74, 6) is 2.07. The molecule has 0 unspecified atom stereocenters. The number of ketones is 1. The fourth-order valence-corrected chi connectivity index (χ4v) is 3.82. The lowest BCUT2D eigenvalue weighted by atomic mass is 9.86. The van der Waals surface area contributed by atoms with E-state index in [1.54, 1.807) is 0 Å². The van der Waals surface area contributed by atoms with Crippen LogP contribution < -0.4 is 0 Å². The van der Waals surface area contributed by atoms with Crippen molar-refractivity contribution >= 4 is 17.5 Å². The molecule has 0 saturated carbocycles. The summed E-state index contributed by atoms with van der Waals surface area (Å²) in [5, 5.41) is 0. The Morgan fingerprint density at radius 2 is 2.12 bits per heavy atom. The van der Waals surface area contributed by atoms with E-state index >= 15 is 0 Å². The van der Waals surface area contributed by atoms with Gasteiger partial charge in [0.25, 0.3) is 0 Å². The fourth-order valence-electron chi connectivity index (χ4n) is 2.40. The Morgan fingerprint density at radius 1 is 1.38 bits per heavy atom. The monoisotopic (exact) mass is 242 g/mol. The zero-order chi connectivity index (χ0) is 12.0. The Hall–Kier alpha value is 0.0200. The minimum absolute atomic E-state index is 0.364. The highest BCUT2D eigenvalue weighted by atomic mass is 32.2. The van der Waals surface area contributed by atoms with Gasteiger partial charge in [0.15, 0.2) is 0 Å². The Labute approximate surface area is 105 Å². The molecule has 0 aromatic rings. The molecule has 1 rings (SSSR count). The standard InChI is InChI=1S/C14H26OS/c1-4-6-7-8-13(15)12-9-10-16-14(3,5-2)11-12/h12H,4-11H2,1-3H3/t12-,14-/m1/s1. The molecule has 0 amide bonds. The van der Waals surface area contributed by atoms with Crippen molar-refractivity contribution in [3.8, 4) is 0 Å². The number of rotatable bonds is 6. The van der Waals surface area contributed by atoms with Crippen molar-refractivity contribution in [2.45, 2.75) is 70.5 Å². The summed E-state index contributed by atoms with van der Waals surface area (Å²) in [6.45, 7) is 6.76. The van der Waals surface area contributed by atoms with Crippen LogP contribution in [0.25, 0.3) is 0 Å². The van der Waals surface area contributed by atoms with Crippen LogP contribution >= 0.6 is 11.8 Å². The van der Waals surface area contributed by atoms with Crippen molar-refractivity contribution < 1.29 is 4.79 Å². The molecule has 1 fully saturated rings. The lowest BCUT2D eigenvalue weighted by molar-refractivity contribution is -0.123. The SMILES string of the molecule is CCCCCC(=O)[C@@H]1CCS[C@](C)(CC)C1. The van der Waals surface area contributed by atoms with Gasteiger partial charge in [0.2, 0.25) is 0 Å². The molecule has 1 aliphatic rings. The van der Waals surface area contributed by atoms with Crippen molar-refractivity contribution in [1.29, 1.82) is 0 Å². The third-order valence-corrected chi connectivity index (χ3v) is 5.42. The summed E-state index contributed by atoms with van der Waals surface area (Å²) in [6.07, 6.45) is 7.75. The highest BCUT2D eigenvalue weighted by Gasteiger charge is 2.34. The van der Waals surface area contributed by atoms with Crippen LogP contribution in [-0.2, 0) is 4.79 Å². The molecule has 0 bridgehead atoms. The normalized spacial score (nSPS) is 30.3. The van der Waals surface area contributed by atoms with Crippen LogP contribution in [0.3, 0.4) is 0 Å². The van der Waals surface area contributed by atoms with E-state index in [9.17, 15) is 4.79 Å². The molecule has 2 atom stereocenters. The van der Waals surface area contributed by atoms with Gasteiger partial charge in [-0.25, -0.2) is 0 Å². The van der Waals surface area contributed by atoms with Crippen LogP contribution in [0.5, 0.6) is 0 Å². The van der Waals surface area contributed by atoms with Crippen molar-refractivity contribution in [1.82, 2.24) is 0 Å². The van der Waals surface area contributed by atoms with Gasteiger partial charge < -0.3 is 0 Å². The predicted octanol–water partition coefficient (Wildman–Crippen LogP) is 4.45. The topological polar surface area (TPSA) is 17.1 Å². The van der Waals surface area contributed by atoms with Gasteiger partial charge in [-0.05, 0) is 31.4 Å². The molecule has 94 valence electrons. The van der Waals surface area contributed by atoms with E-state index in [0.29, 0.717) is 16.4 Å². The number of carbonyl (C=O) groups excluding carboxylic acids is 1. The molecule has 1 saturated heterocycles. The van der Waals surface area contributed by atoms with Crippen molar-refractivity contribution in [2.24, 2.45) is 5.92 Å². The predicted molar refractivity (Wildman–Crippen MR) is 73.0 cm³/mol. The first-order valence-corrected chi connectivity index (χ1v) is 7.76. The quantitative estimate of drug-likeness (QED) is 0.640. The van der Waals surface area contributed by atoms with E-state index in [1.165, 1.54) is 25.0 Å². The van der Waals surface area contributed by atoms with Crippen LogP contribution in [-0.4, -0.2) is 16.3 Å². The van der Waals surface area contributed by atoms with Crippen LogP contribution in [0.1, 0.15) is 65.7 Å². The minimum Gasteiger partial charge on any atom is -0.299 e. The average molecular weight is 242 g/mol. The van der Waals surface area contributed by atoms with E-state index in [1.807, 2.05) is 0 Å². The Bertz CT molecular complexity index is 227. The maximum atomic E-state index is 12.1. The maximum absolute atomic E-state index is 12.1. The molecular formula is C14H26OS. The van der Waals surface area contributed by atoms with Gasteiger partial charge in [0, 0.05) is 17.1 Å². The van der Waals surface area contributed by atoms with Crippen LogP contribution in [0, 0.1) is 5.92 Å². The summed E-state index contributed by atoms with van der Waals surface area (Å²) >= 11 is 2.06. The van der Waals surface area contributed by atoms with Crippen molar-refractivity contribution in [3.63, 3.8) is 0 Å². The summed E-state index contributed by atoms with van der Waals surface area (Å²) in [5.41, 5.74) is 0. The molecule has 0 aliphatic carbocycles. The zero-order valence-electron chi connectivity index (χ0n) is 11.1. The molecule has 0 spiro atoms. The smallest absolute Gasteiger partial charge is 0.136 e. The van der Waals surface area contributed by atoms with Gasteiger partial charge in [-0.3, -0.25) is 4.79 Å². The molecule has 0 radical (unpaired) electrons. The number of carbonyl (C=O) groups is 1. The lowest BCUT2D eigenvalue weighted by Gasteiger charge is -2.36. The number of Topliss-reactive ketones (excluding diaryl/α,β-unsaturated/α-hetero) is 1. The second-order valence-corrected chi connectivity index (χ2v) is 6.95. The summed E-state index contributed by atoms with van der Waals surface area (Å²) in [7, 11) is 0. The molecule has 0 aromatic carbocycles. The zero-order valence-corrected chi connectivity index (χ0v) is 11.9. The average Bonchev–Trinajstić information content (AvgIpc) is 2.29. The van der Waals surface area contributed by atoms with Gasteiger partial charge in [-0.2, -0.15) is 11.8 Å². The number of hydrogen-bond acceptors (Lipinski definition) is 2. The summed E-state index contributed by atoms with van der Waals surface area (Å²) in [6, 6.07) is 0. The maximum Gasteiger partial charge on any atom is 0.136 e. The molecule has 16 heavy (non-hydrogen) atoms.